The summed E-state index contributed by atoms with van der Waals surface area (Å²) in [5.41, 5.74) is 2.36. The number of carbonyl (C=O) groups excluding carboxylic acids is 2. The third kappa shape index (κ3) is 4.49. The molecule has 162 valence electrons. The Hall–Kier alpha value is -3.28. The number of carbonyl (C=O) groups is 2. The Labute approximate surface area is 195 Å². The zero-order valence-electron chi connectivity index (χ0n) is 17.3. The minimum atomic E-state index is -0.425. The maximum Gasteiger partial charge on any atom is 0.315 e. The Bertz CT molecular complexity index is 1250. The first-order chi connectivity index (χ1) is 15.4. The highest BCUT2D eigenvalue weighted by Crippen LogP contribution is 2.39. The van der Waals surface area contributed by atoms with Crippen molar-refractivity contribution in [1.82, 2.24) is 0 Å². The maximum absolute atomic E-state index is 12.8. The standard InChI is InChI=1S/C25H18Cl2O5/c1-14-21(31-23(28)11-15-3-7-18(30-2)8-4-15)10-9-19-24(29)22(32-25(14)19)12-16-5-6-17(26)13-20(16)27/h3-10,12-13H,11H2,1-2H3/b22-12-. The van der Waals surface area contributed by atoms with Crippen molar-refractivity contribution in [2.45, 2.75) is 13.3 Å². The summed E-state index contributed by atoms with van der Waals surface area (Å²) in [5.74, 6) is 0.842. The molecule has 0 spiro atoms. The van der Waals surface area contributed by atoms with Crippen molar-refractivity contribution in [3.63, 3.8) is 0 Å². The van der Waals surface area contributed by atoms with Crippen molar-refractivity contribution in [1.29, 1.82) is 0 Å². The molecule has 0 saturated carbocycles. The lowest BCUT2D eigenvalue weighted by Crippen LogP contribution is -2.12. The topological polar surface area (TPSA) is 61.8 Å². The van der Waals surface area contributed by atoms with Crippen molar-refractivity contribution in [3.05, 3.63) is 92.7 Å². The number of ether oxygens (including phenoxy) is 3. The normalized spacial score (nSPS) is 13.6. The molecule has 0 bridgehead atoms. The average molecular weight is 469 g/mol. The van der Waals surface area contributed by atoms with Crippen LogP contribution in [0.15, 0.2) is 60.4 Å². The number of allylic oxidation sites excluding steroid dienone is 1. The van der Waals surface area contributed by atoms with Gasteiger partial charge >= 0.3 is 5.97 Å². The fourth-order valence-corrected chi connectivity index (χ4v) is 3.77. The average Bonchev–Trinajstić information content (AvgIpc) is 3.09. The van der Waals surface area contributed by atoms with E-state index >= 15 is 0 Å². The highest BCUT2D eigenvalue weighted by molar-refractivity contribution is 6.35. The molecule has 0 aliphatic carbocycles. The number of methoxy groups -OCH3 is 1. The van der Waals surface area contributed by atoms with Crippen LogP contribution in [0.3, 0.4) is 0 Å². The zero-order valence-corrected chi connectivity index (χ0v) is 18.8. The van der Waals surface area contributed by atoms with E-state index in [-0.39, 0.29) is 18.0 Å². The Kier molecular flexibility index (Phi) is 6.21. The zero-order chi connectivity index (χ0) is 22.8. The third-order valence-corrected chi connectivity index (χ3v) is 5.58. The molecule has 3 aromatic carbocycles. The molecule has 32 heavy (non-hydrogen) atoms. The number of hydrogen-bond acceptors (Lipinski definition) is 5. The smallest absolute Gasteiger partial charge is 0.315 e. The van der Waals surface area contributed by atoms with E-state index in [1.165, 1.54) is 0 Å². The van der Waals surface area contributed by atoms with Crippen LogP contribution in [0.4, 0.5) is 0 Å². The summed E-state index contributed by atoms with van der Waals surface area (Å²) in [6.45, 7) is 1.74. The van der Waals surface area contributed by atoms with Crippen LogP contribution >= 0.6 is 23.2 Å². The Morgan fingerprint density at radius 3 is 2.50 bits per heavy atom. The minimum absolute atomic E-state index is 0.0977. The molecule has 0 fully saturated rings. The van der Waals surface area contributed by atoms with Crippen LogP contribution in [0.5, 0.6) is 17.2 Å². The first-order valence-corrected chi connectivity index (χ1v) is 10.5. The van der Waals surface area contributed by atoms with Crippen LogP contribution in [0.25, 0.3) is 6.08 Å². The van der Waals surface area contributed by atoms with E-state index in [4.69, 9.17) is 37.4 Å². The van der Waals surface area contributed by atoms with Crippen molar-refractivity contribution < 1.29 is 23.8 Å². The van der Waals surface area contributed by atoms with Gasteiger partial charge in [0.05, 0.1) is 19.1 Å². The van der Waals surface area contributed by atoms with Gasteiger partial charge in [0.15, 0.2) is 5.76 Å². The van der Waals surface area contributed by atoms with Crippen LogP contribution in [0.2, 0.25) is 10.0 Å². The van der Waals surface area contributed by atoms with Crippen molar-refractivity contribution in [2.24, 2.45) is 0 Å². The van der Waals surface area contributed by atoms with Crippen LogP contribution in [0, 0.1) is 6.92 Å². The summed E-state index contributed by atoms with van der Waals surface area (Å²) in [6, 6.07) is 15.3. The number of benzene rings is 3. The number of fused-ring (bicyclic) bond motifs is 1. The molecule has 0 atom stereocenters. The molecule has 1 aliphatic rings. The van der Waals surface area contributed by atoms with Gasteiger partial charge in [-0.15, -0.1) is 0 Å². The Morgan fingerprint density at radius 1 is 1.06 bits per heavy atom. The van der Waals surface area contributed by atoms with E-state index in [1.807, 2.05) is 0 Å². The van der Waals surface area contributed by atoms with Gasteiger partial charge in [-0.25, -0.2) is 0 Å². The fourth-order valence-electron chi connectivity index (χ4n) is 3.31. The molecule has 5 nitrogen and oxygen atoms in total. The lowest BCUT2D eigenvalue weighted by atomic mass is 10.1. The van der Waals surface area contributed by atoms with Gasteiger partial charge in [-0.1, -0.05) is 41.4 Å². The Morgan fingerprint density at radius 2 is 1.81 bits per heavy atom. The monoisotopic (exact) mass is 468 g/mol. The van der Waals surface area contributed by atoms with Gasteiger partial charge in [0.25, 0.3) is 0 Å². The van der Waals surface area contributed by atoms with E-state index in [2.05, 4.69) is 0 Å². The highest BCUT2D eigenvalue weighted by atomic mass is 35.5. The first kappa shape index (κ1) is 21.9. The molecule has 3 aromatic rings. The maximum atomic E-state index is 12.8. The van der Waals surface area contributed by atoms with E-state index < -0.39 is 5.97 Å². The second-order valence-electron chi connectivity index (χ2n) is 7.17. The van der Waals surface area contributed by atoms with Gasteiger partial charge in [0, 0.05) is 15.6 Å². The summed E-state index contributed by atoms with van der Waals surface area (Å²) >= 11 is 12.1. The molecular formula is C25H18Cl2O5. The van der Waals surface area contributed by atoms with Gasteiger partial charge < -0.3 is 14.2 Å². The highest BCUT2D eigenvalue weighted by Gasteiger charge is 2.30. The summed E-state index contributed by atoms with van der Waals surface area (Å²) < 4.78 is 16.5. The number of Topliss-reactive ketones (excluding diaryl/α,β-unsaturated/α-hetero) is 1. The van der Waals surface area contributed by atoms with E-state index in [9.17, 15) is 9.59 Å². The van der Waals surface area contributed by atoms with Gasteiger partial charge in [-0.2, -0.15) is 0 Å². The second-order valence-corrected chi connectivity index (χ2v) is 8.01. The fraction of sp³-hybridized carbons (Fsp3) is 0.120. The molecular weight excluding hydrogens is 451 g/mol. The number of ketones is 1. The summed E-state index contributed by atoms with van der Waals surface area (Å²) in [5, 5.41) is 0.901. The summed E-state index contributed by atoms with van der Waals surface area (Å²) in [4.78, 5) is 25.2. The molecule has 1 aliphatic heterocycles. The molecule has 0 amide bonds. The van der Waals surface area contributed by atoms with Gasteiger partial charge in [0.2, 0.25) is 5.78 Å². The molecule has 7 heteroatoms. The predicted octanol–water partition coefficient (Wildman–Crippen LogP) is 6.07. The lowest BCUT2D eigenvalue weighted by Gasteiger charge is -2.10. The summed E-state index contributed by atoms with van der Waals surface area (Å²) in [7, 11) is 1.58. The molecule has 1 heterocycles. The van der Waals surface area contributed by atoms with Gasteiger partial charge in [0.1, 0.15) is 17.2 Å². The van der Waals surface area contributed by atoms with Crippen LogP contribution in [-0.4, -0.2) is 18.9 Å². The molecule has 0 saturated heterocycles. The summed E-state index contributed by atoms with van der Waals surface area (Å²) in [6.07, 6.45) is 1.66. The molecule has 0 radical (unpaired) electrons. The number of halogens is 2. The van der Waals surface area contributed by atoms with Gasteiger partial charge in [-0.05, 0) is 60.5 Å². The third-order valence-electron chi connectivity index (χ3n) is 5.02. The first-order valence-electron chi connectivity index (χ1n) is 9.72. The van der Waals surface area contributed by atoms with Crippen LogP contribution in [-0.2, 0) is 11.2 Å². The van der Waals surface area contributed by atoms with Crippen molar-refractivity contribution >= 4 is 41.0 Å². The largest absolute Gasteiger partial charge is 0.497 e. The molecule has 0 N–H and O–H groups in total. The number of rotatable bonds is 5. The molecule has 0 aromatic heterocycles. The second kappa shape index (κ2) is 9.07. The molecule has 4 rings (SSSR count). The predicted molar refractivity (Wildman–Crippen MR) is 123 cm³/mol. The van der Waals surface area contributed by atoms with Crippen LogP contribution in [0.1, 0.15) is 27.0 Å². The van der Waals surface area contributed by atoms with Crippen LogP contribution < -0.4 is 14.2 Å². The van der Waals surface area contributed by atoms with Crippen molar-refractivity contribution in [2.75, 3.05) is 7.11 Å². The number of hydrogen-bond donors (Lipinski definition) is 0. The quantitative estimate of drug-likeness (QED) is 0.258. The van der Waals surface area contributed by atoms with E-state index in [1.54, 1.807) is 74.7 Å². The minimum Gasteiger partial charge on any atom is -0.497 e. The van der Waals surface area contributed by atoms with E-state index in [0.29, 0.717) is 44.0 Å². The molecule has 0 unspecified atom stereocenters. The number of esters is 1. The lowest BCUT2D eigenvalue weighted by molar-refractivity contribution is -0.133. The van der Waals surface area contributed by atoms with E-state index in [0.717, 1.165) is 5.56 Å². The van der Waals surface area contributed by atoms with Crippen molar-refractivity contribution in [3.8, 4) is 17.2 Å². The van der Waals surface area contributed by atoms with Gasteiger partial charge in [-0.3, -0.25) is 9.59 Å². The SMILES string of the molecule is COc1ccc(CC(=O)Oc2ccc3c(c2C)O/C(=C\c2ccc(Cl)cc2Cl)C3=O)cc1. The Balaban J connectivity index is 1.53.